The summed E-state index contributed by atoms with van der Waals surface area (Å²) in [5.41, 5.74) is 9.24. The number of nitrogens with two attached hydrogens (primary N) is 1. The summed E-state index contributed by atoms with van der Waals surface area (Å²) < 4.78 is 16.1. The lowest BCUT2D eigenvalue weighted by Crippen LogP contribution is -2.09. The molecule has 0 saturated heterocycles. The van der Waals surface area contributed by atoms with E-state index in [9.17, 15) is 4.39 Å². The van der Waals surface area contributed by atoms with Gasteiger partial charge in [-0.15, -0.1) is 0 Å². The van der Waals surface area contributed by atoms with Crippen LogP contribution in [0.1, 0.15) is 22.6 Å². The average Bonchev–Trinajstić information content (AvgIpc) is 2.95. The predicted octanol–water partition coefficient (Wildman–Crippen LogP) is 4.49. The lowest BCUT2D eigenvalue weighted by atomic mass is 9.97. The van der Waals surface area contributed by atoms with Crippen LogP contribution in [-0.4, -0.2) is 9.55 Å². The third-order valence-electron chi connectivity index (χ3n) is 3.94. The van der Waals surface area contributed by atoms with Crippen molar-refractivity contribution in [2.75, 3.05) is 0 Å². The van der Waals surface area contributed by atoms with Crippen molar-refractivity contribution in [3.8, 4) is 5.69 Å². The molecule has 2 N–H and O–H groups in total. The van der Waals surface area contributed by atoms with E-state index in [0.717, 1.165) is 22.8 Å². The van der Waals surface area contributed by atoms with Crippen LogP contribution in [0.25, 0.3) is 11.3 Å². The number of hydrogen-bond acceptors (Lipinski definition) is 2. The Kier molecular flexibility index (Phi) is 4.51. The van der Waals surface area contributed by atoms with Crippen molar-refractivity contribution in [1.29, 1.82) is 0 Å². The van der Waals surface area contributed by atoms with E-state index < -0.39 is 0 Å². The number of rotatable bonds is 4. The molecule has 0 fully saturated rings. The third-order valence-corrected chi connectivity index (χ3v) is 4.18. The molecule has 0 aliphatic heterocycles. The Hall–Kier alpha value is -2.43. The van der Waals surface area contributed by atoms with Gasteiger partial charge in [-0.05, 0) is 36.8 Å². The van der Waals surface area contributed by atoms with Gasteiger partial charge in [0.2, 0.25) is 0 Å². The van der Waals surface area contributed by atoms with Crippen LogP contribution in [-0.2, 0) is 6.54 Å². The Morgan fingerprint density at radius 1 is 1.25 bits per heavy atom. The molecule has 0 aliphatic rings. The lowest BCUT2D eigenvalue weighted by Gasteiger charge is -2.17. The average molecular weight is 342 g/mol. The quantitative estimate of drug-likeness (QED) is 0.759. The van der Waals surface area contributed by atoms with Gasteiger partial charge in [0, 0.05) is 22.7 Å². The minimum atomic E-state index is -0.324. The molecule has 0 atom stereocenters. The Morgan fingerprint density at radius 2 is 2.00 bits per heavy atom. The van der Waals surface area contributed by atoms with Crippen LogP contribution in [0.3, 0.4) is 0 Å². The summed E-state index contributed by atoms with van der Waals surface area (Å²) in [4.78, 5) is 4.32. The number of imidazole rings is 1. The zero-order valence-electron chi connectivity index (χ0n) is 13.3. The monoisotopic (exact) mass is 341 g/mol. The number of aromatic nitrogens is 2. The summed E-state index contributed by atoms with van der Waals surface area (Å²) >= 11 is 6.18. The van der Waals surface area contributed by atoms with Crippen molar-refractivity contribution in [1.82, 2.24) is 9.55 Å². The van der Waals surface area contributed by atoms with Crippen molar-refractivity contribution in [3.63, 3.8) is 0 Å². The summed E-state index contributed by atoms with van der Waals surface area (Å²) in [5, 5.41) is 0.554. The van der Waals surface area contributed by atoms with Gasteiger partial charge in [-0.3, -0.25) is 4.57 Å². The van der Waals surface area contributed by atoms with Crippen molar-refractivity contribution in [2.45, 2.75) is 13.5 Å². The summed E-state index contributed by atoms with van der Waals surface area (Å²) in [6, 6.07) is 12.0. The maximum atomic E-state index is 14.2. The van der Waals surface area contributed by atoms with E-state index in [1.807, 2.05) is 17.6 Å². The second-order valence-electron chi connectivity index (χ2n) is 5.46. The van der Waals surface area contributed by atoms with E-state index >= 15 is 0 Å². The van der Waals surface area contributed by atoms with Crippen molar-refractivity contribution >= 4 is 17.2 Å². The first kappa shape index (κ1) is 16.4. The fourth-order valence-corrected chi connectivity index (χ4v) is 2.93. The van der Waals surface area contributed by atoms with Crippen LogP contribution in [0.2, 0.25) is 5.02 Å². The Balaban J connectivity index is 2.22. The lowest BCUT2D eigenvalue weighted by molar-refractivity contribution is 0.624. The molecule has 0 radical (unpaired) electrons. The number of benzene rings is 2. The summed E-state index contributed by atoms with van der Waals surface area (Å²) in [6.45, 7) is 6.32. The van der Waals surface area contributed by atoms with E-state index in [-0.39, 0.29) is 5.82 Å². The van der Waals surface area contributed by atoms with Crippen molar-refractivity contribution < 1.29 is 4.39 Å². The number of nitrogens with zero attached hydrogens (tertiary/aromatic N) is 2. The normalized spacial score (nSPS) is 10.8. The van der Waals surface area contributed by atoms with E-state index in [1.165, 1.54) is 6.07 Å². The highest BCUT2D eigenvalue weighted by atomic mass is 35.5. The van der Waals surface area contributed by atoms with Gasteiger partial charge < -0.3 is 5.73 Å². The SMILES string of the molecule is C=C(c1ccccc1F)c1cc(Cl)ccc1-n1c(CN)cnc1C. The largest absolute Gasteiger partial charge is 0.325 e. The van der Waals surface area contributed by atoms with Gasteiger partial charge in [0.1, 0.15) is 11.6 Å². The molecule has 5 heteroatoms. The molecule has 0 spiro atoms. The molecule has 1 aromatic heterocycles. The molecule has 0 saturated carbocycles. The van der Waals surface area contributed by atoms with E-state index in [4.69, 9.17) is 17.3 Å². The van der Waals surface area contributed by atoms with Crippen LogP contribution < -0.4 is 5.73 Å². The van der Waals surface area contributed by atoms with Gasteiger partial charge in [-0.25, -0.2) is 9.37 Å². The smallest absolute Gasteiger partial charge is 0.131 e. The molecule has 24 heavy (non-hydrogen) atoms. The van der Waals surface area contributed by atoms with Crippen molar-refractivity contribution in [2.24, 2.45) is 5.73 Å². The minimum absolute atomic E-state index is 0.324. The molecular formula is C19H17ClFN3. The van der Waals surface area contributed by atoms with Crippen molar-refractivity contribution in [3.05, 3.63) is 88.7 Å². The Labute approximate surface area is 145 Å². The fourth-order valence-electron chi connectivity index (χ4n) is 2.76. The zero-order chi connectivity index (χ0) is 17.3. The molecule has 1 heterocycles. The van der Waals surface area contributed by atoms with Gasteiger partial charge in [-0.2, -0.15) is 0 Å². The first-order valence-corrected chi connectivity index (χ1v) is 7.88. The van der Waals surface area contributed by atoms with Crippen LogP contribution in [0.4, 0.5) is 4.39 Å². The molecule has 3 rings (SSSR count). The first-order chi connectivity index (χ1) is 11.5. The fraction of sp³-hybridized carbons (Fsp3) is 0.105. The number of halogens is 2. The maximum absolute atomic E-state index is 14.2. The van der Waals surface area contributed by atoms with Crippen LogP contribution in [0, 0.1) is 12.7 Å². The molecule has 0 aliphatic carbocycles. The molecule has 2 aromatic carbocycles. The van der Waals surface area contributed by atoms with Gasteiger partial charge in [0.05, 0.1) is 17.6 Å². The molecule has 122 valence electrons. The topological polar surface area (TPSA) is 43.8 Å². The van der Waals surface area contributed by atoms with Crippen LogP contribution in [0.15, 0.2) is 55.2 Å². The Morgan fingerprint density at radius 3 is 2.71 bits per heavy atom. The molecule has 3 aromatic rings. The third kappa shape index (κ3) is 2.86. The molecule has 3 nitrogen and oxygen atoms in total. The van der Waals surface area contributed by atoms with E-state index in [1.54, 1.807) is 36.5 Å². The Bertz CT molecular complexity index is 915. The second-order valence-corrected chi connectivity index (χ2v) is 5.89. The highest BCUT2D eigenvalue weighted by molar-refractivity contribution is 6.30. The van der Waals surface area contributed by atoms with E-state index in [0.29, 0.717) is 22.7 Å². The number of aryl methyl sites for hydroxylation is 1. The zero-order valence-corrected chi connectivity index (χ0v) is 14.0. The number of hydrogen-bond donors (Lipinski definition) is 1. The highest BCUT2D eigenvalue weighted by Crippen LogP contribution is 2.32. The highest BCUT2D eigenvalue weighted by Gasteiger charge is 2.16. The van der Waals surface area contributed by atoms with Gasteiger partial charge in [0.15, 0.2) is 0 Å². The van der Waals surface area contributed by atoms with Crippen LogP contribution >= 0.6 is 11.6 Å². The van der Waals surface area contributed by atoms with E-state index in [2.05, 4.69) is 11.6 Å². The molecular weight excluding hydrogens is 325 g/mol. The molecule has 0 amide bonds. The van der Waals surface area contributed by atoms with Gasteiger partial charge in [-0.1, -0.05) is 36.4 Å². The second kappa shape index (κ2) is 6.59. The minimum Gasteiger partial charge on any atom is -0.325 e. The summed E-state index contributed by atoms with van der Waals surface area (Å²) in [5.74, 6) is 0.468. The standard InChI is InChI=1S/C19H17ClFN3/c1-12(16-5-3-4-6-18(16)21)17-9-14(20)7-8-19(17)24-13(2)23-11-15(24)10-22/h3-9,11H,1,10,22H2,2H3. The van der Waals surface area contributed by atoms with Crippen LogP contribution in [0.5, 0.6) is 0 Å². The predicted molar refractivity (Wildman–Crippen MR) is 95.7 cm³/mol. The van der Waals surface area contributed by atoms with Gasteiger partial charge >= 0.3 is 0 Å². The summed E-state index contributed by atoms with van der Waals surface area (Å²) in [6.07, 6.45) is 1.74. The first-order valence-electron chi connectivity index (χ1n) is 7.50. The molecule has 0 unspecified atom stereocenters. The maximum Gasteiger partial charge on any atom is 0.131 e. The molecule has 0 bridgehead atoms. The summed E-state index contributed by atoms with van der Waals surface area (Å²) in [7, 11) is 0. The van der Waals surface area contributed by atoms with Gasteiger partial charge in [0.25, 0.3) is 0 Å².